The van der Waals surface area contributed by atoms with Crippen LogP contribution in [0.4, 0.5) is 0 Å². The van der Waals surface area contributed by atoms with Crippen LogP contribution in [0.3, 0.4) is 0 Å². The van der Waals surface area contributed by atoms with Crippen LogP contribution in [0.25, 0.3) is 0 Å². The molecule has 2 rings (SSSR count). The van der Waals surface area contributed by atoms with Crippen molar-refractivity contribution in [3.8, 4) is 5.75 Å². The van der Waals surface area contributed by atoms with E-state index in [-0.39, 0.29) is 0 Å². The molecule has 19 heavy (non-hydrogen) atoms. The summed E-state index contributed by atoms with van der Waals surface area (Å²) >= 11 is 0. The fraction of sp³-hybridized carbons (Fsp3) is 0.571. The van der Waals surface area contributed by atoms with Crippen molar-refractivity contribution in [1.29, 1.82) is 0 Å². The van der Waals surface area contributed by atoms with Crippen LogP contribution in [0.5, 0.6) is 5.75 Å². The molecule has 3 atom stereocenters. The summed E-state index contributed by atoms with van der Waals surface area (Å²) < 4.78 is 5.29. The van der Waals surface area contributed by atoms with E-state index in [2.05, 4.69) is 0 Å². The molecule has 1 fully saturated rings. The first kappa shape index (κ1) is 14.3. The van der Waals surface area contributed by atoms with Crippen molar-refractivity contribution in [1.82, 2.24) is 4.90 Å². The second-order valence-corrected chi connectivity index (χ2v) is 4.95. The van der Waals surface area contributed by atoms with Gasteiger partial charge in [0.25, 0.3) is 0 Å². The van der Waals surface area contributed by atoms with Crippen molar-refractivity contribution in [3.63, 3.8) is 0 Å². The second-order valence-electron chi connectivity index (χ2n) is 4.95. The molecule has 1 aliphatic rings. The first-order valence-electron chi connectivity index (χ1n) is 6.50. The van der Waals surface area contributed by atoms with Crippen molar-refractivity contribution in [2.24, 2.45) is 0 Å². The zero-order chi connectivity index (χ0) is 13.8. The van der Waals surface area contributed by atoms with Gasteiger partial charge >= 0.3 is 0 Å². The number of aliphatic hydroxyl groups excluding tert-OH is 3. The van der Waals surface area contributed by atoms with E-state index in [9.17, 15) is 15.3 Å². The highest BCUT2D eigenvalue weighted by Crippen LogP contribution is 2.19. The molecule has 1 aromatic carbocycles. The Labute approximate surface area is 113 Å². The molecular formula is C14H21NO4. The quantitative estimate of drug-likeness (QED) is 0.694. The molecule has 1 saturated heterocycles. The Morgan fingerprint density at radius 3 is 2.42 bits per heavy atom. The smallest absolute Gasteiger partial charge is 0.122 e. The number of ether oxygens (including phenoxy) is 1. The number of hydrogen-bond donors (Lipinski definition) is 3. The first-order chi connectivity index (χ1) is 9.11. The predicted octanol–water partition coefficient (Wildman–Crippen LogP) is -0.364. The average Bonchev–Trinajstić information content (AvgIpc) is 2.42. The van der Waals surface area contributed by atoms with Gasteiger partial charge in [-0.2, -0.15) is 0 Å². The van der Waals surface area contributed by atoms with E-state index < -0.39 is 18.3 Å². The fourth-order valence-corrected chi connectivity index (χ4v) is 2.45. The van der Waals surface area contributed by atoms with Crippen molar-refractivity contribution in [2.75, 3.05) is 26.7 Å². The number of β-amino-alcohol motifs (C(OH)–C–C–N with tert-alkyl or cyclic N) is 2. The lowest BCUT2D eigenvalue weighted by Gasteiger charge is -2.36. The molecule has 106 valence electrons. The van der Waals surface area contributed by atoms with Crippen LogP contribution < -0.4 is 4.74 Å². The van der Waals surface area contributed by atoms with Gasteiger partial charge in [-0.3, -0.25) is 4.90 Å². The average molecular weight is 267 g/mol. The lowest BCUT2D eigenvalue weighted by atomic mass is 10.0. The Hall–Kier alpha value is -1.14. The number of aliphatic hydroxyl groups is 3. The molecule has 3 N–H and O–H groups in total. The second kappa shape index (κ2) is 6.34. The van der Waals surface area contributed by atoms with Crippen molar-refractivity contribution < 1.29 is 20.1 Å². The van der Waals surface area contributed by atoms with Crippen molar-refractivity contribution in [2.45, 2.75) is 24.7 Å². The highest BCUT2D eigenvalue weighted by atomic mass is 16.5. The molecule has 5 heteroatoms. The molecule has 1 aliphatic heterocycles. The van der Waals surface area contributed by atoms with Gasteiger partial charge in [0.15, 0.2) is 0 Å². The monoisotopic (exact) mass is 267 g/mol. The number of likely N-dealkylation sites (tertiary alicyclic amines) is 1. The van der Waals surface area contributed by atoms with Gasteiger partial charge in [-0.25, -0.2) is 0 Å². The van der Waals surface area contributed by atoms with E-state index in [1.165, 1.54) is 0 Å². The maximum Gasteiger partial charge on any atom is 0.122 e. The zero-order valence-electron chi connectivity index (χ0n) is 11.1. The Morgan fingerprint density at radius 1 is 1.16 bits per heavy atom. The zero-order valence-corrected chi connectivity index (χ0v) is 11.1. The van der Waals surface area contributed by atoms with Gasteiger partial charge in [0.2, 0.25) is 0 Å². The van der Waals surface area contributed by atoms with Gasteiger partial charge in [0, 0.05) is 19.6 Å². The molecule has 1 heterocycles. The third-order valence-electron chi connectivity index (χ3n) is 3.57. The minimum Gasteiger partial charge on any atom is -0.496 e. The topological polar surface area (TPSA) is 73.2 Å². The Balaban J connectivity index is 1.92. The number of nitrogens with zero attached hydrogens (tertiary/aromatic N) is 1. The van der Waals surface area contributed by atoms with E-state index >= 15 is 0 Å². The van der Waals surface area contributed by atoms with Crippen LogP contribution >= 0.6 is 0 Å². The van der Waals surface area contributed by atoms with E-state index in [4.69, 9.17) is 4.74 Å². The Kier molecular flexibility index (Phi) is 4.76. The maximum absolute atomic E-state index is 9.64. The van der Waals surface area contributed by atoms with Crippen molar-refractivity contribution >= 4 is 0 Å². The molecule has 0 spiro atoms. The number of benzene rings is 1. The van der Waals surface area contributed by atoms with Gasteiger partial charge < -0.3 is 20.1 Å². The van der Waals surface area contributed by atoms with Crippen LogP contribution in [0, 0.1) is 0 Å². The summed E-state index contributed by atoms with van der Waals surface area (Å²) in [6.45, 7) is 1.47. The van der Waals surface area contributed by atoms with E-state index in [0.717, 1.165) is 17.7 Å². The minimum atomic E-state index is -1.04. The van der Waals surface area contributed by atoms with Gasteiger partial charge in [-0.15, -0.1) is 0 Å². The summed E-state index contributed by atoms with van der Waals surface area (Å²) in [5.74, 6) is 0.848. The number of methoxy groups -OCH3 is 1. The summed E-state index contributed by atoms with van der Waals surface area (Å²) in [7, 11) is 1.64. The molecule has 0 saturated carbocycles. The van der Waals surface area contributed by atoms with Crippen LogP contribution in [0.2, 0.25) is 0 Å². The highest BCUT2D eigenvalue weighted by Gasteiger charge is 2.32. The molecule has 1 aromatic rings. The van der Waals surface area contributed by atoms with Crippen LogP contribution in [0.15, 0.2) is 24.3 Å². The molecule has 0 aliphatic carbocycles. The molecule has 0 bridgehead atoms. The first-order valence-corrected chi connectivity index (χ1v) is 6.50. The van der Waals surface area contributed by atoms with Gasteiger partial charge in [0.05, 0.1) is 19.3 Å². The lowest BCUT2D eigenvalue weighted by molar-refractivity contribution is -0.109. The van der Waals surface area contributed by atoms with Crippen LogP contribution in [0.1, 0.15) is 5.56 Å². The number of rotatable bonds is 4. The normalized spacial score (nSPS) is 28.3. The Morgan fingerprint density at radius 2 is 1.79 bits per heavy atom. The number of para-hydroxylation sites is 1. The van der Waals surface area contributed by atoms with E-state index in [1.807, 2.05) is 29.2 Å². The molecule has 0 radical (unpaired) electrons. The predicted molar refractivity (Wildman–Crippen MR) is 71.2 cm³/mol. The summed E-state index contributed by atoms with van der Waals surface area (Å²) in [6, 6.07) is 7.80. The fourth-order valence-electron chi connectivity index (χ4n) is 2.45. The highest BCUT2D eigenvalue weighted by molar-refractivity contribution is 5.33. The SMILES string of the molecule is COc1ccccc1CCN1C[C@@H](O)C(O)[C@@H](O)C1. The number of hydrogen-bond acceptors (Lipinski definition) is 5. The van der Waals surface area contributed by atoms with Crippen LogP contribution in [-0.4, -0.2) is 65.3 Å². The van der Waals surface area contributed by atoms with Crippen LogP contribution in [-0.2, 0) is 6.42 Å². The van der Waals surface area contributed by atoms with Gasteiger partial charge in [-0.05, 0) is 18.1 Å². The summed E-state index contributed by atoms with van der Waals surface area (Å²) in [4.78, 5) is 1.95. The van der Waals surface area contributed by atoms with Gasteiger partial charge in [0.1, 0.15) is 11.9 Å². The molecule has 0 amide bonds. The third kappa shape index (κ3) is 3.45. The van der Waals surface area contributed by atoms with E-state index in [1.54, 1.807) is 7.11 Å². The summed E-state index contributed by atoms with van der Waals surface area (Å²) in [5, 5.41) is 28.8. The van der Waals surface area contributed by atoms with Gasteiger partial charge in [-0.1, -0.05) is 18.2 Å². The molecule has 1 unspecified atom stereocenters. The molecule has 0 aromatic heterocycles. The summed E-state index contributed by atoms with van der Waals surface area (Å²) in [5.41, 5.74) is 1.10. The minimum absolute atomic E-state index is 0.382. The molecule has 5 nitrogen and oxygen atoms in total. The summed E-state index contributed by atoms with van der Waals surface area (Å²) in [6.07, 6.45) is -2.04. The lowest BCUT2D eigenvalue weighted by Crippen LogP contribution is -2.55. The third-order valence-corrected chi connectivity index (χ3v) is 3.57. The molecular weight excluding hydrogens is 246 g/mol. The Bertz CT molecular complexity index is 400. The maximum atomic E-state index is 9.64. The van der Waals surface area contributed by atoms with Crippen molar-refractivity contribution in [3.05, 3.63) is 29.8 Å². The van der Waals surface area contributed by atoms with E-state index in [0.29, 0.717) is 19.6 Å². The largest absolute Gasteiger partial charge is 0.496 e. The number of piperidine rings is 1. The standard InChI is InChI=1S/C14H21NO4/c1-19-13-5-3-2-4-10(13)6-7-15-8-11(16)14(18)12(17)9-15/h2-5,11-12,14,16-18H,6-9H2,1H3/t11-,12+,14?.